The summed E-state index contributed by atoms with van der Waals surface area (Å²) in [5.74, 6) is 0.739. The number of rotatable bonds is 5. The summed E-state index contributed by atoms with van der Waals surface area (Å²) in [7, 11) is 1.65. The van der Waals surface area contributed by atoms with Crippen LogP contribution >= 0.6 is 11.6 Å². The average molecular weight is 283 g/mol. The zero-order chi connectivity index (χ0) is 13.7. The molecule has 0 aromatic heterocycles. The van der Waals surface area contributed by atoms with Gasteiger partial charge in [-0.15, -0.1) is 0 Å². The molecule has 1 atom stereocenters. The van der Waals surface area contributed by atoms with Gasteiger partial charge in [0, 0.05) is 24.8 Å². The number of ether oxygens (including phenoxy) is 1. The van der Waals surface area contributed by atoms with Crippen LogP contribution in [-0.4, -0.2) is 32.8 Å². The smallest absolute Gasteiger partial charge is 0.137 e. The fraction of sp³-hybridized carbons (Fsp3) is 0.600. The molecule has 1 aliphatic rings. The van der Waals surface area contributed by atoms with E-state index in [0.29, 0.717) is 11.1 Å². The van der Waals surface area contributed by atoms with E-state index in [0.717, 1.165) is 25.4 Å². The van der Waals surface area contributed by atoms with Gasteiger partial charge in [-0.25, -0.2) is 0 Å². The molecule has 1 N–H and O–H groups in total. The maximum absolute atomic E-state index is 6.20. The molecule has 106 valence electrons. The monoisotopic (exact) mass is 282 g/mol. The number of piperidine rings is 1. The number of nitrogens with zero attached hydrogens (tertiary/aromatic N) is 1. The Kier molecular flexibility index (Phi) is 5.34. The lowest BCUT2D eigenvalue weighted by Gasteiger charge is -2.35. The van der Waals surface area contributed by atoms with E-state index in [1.54, 1.807) is 7.11 Å². The number of benzene rings is 1. The Morgan fingerprint density at radius 2 is 2.32 bits per heavy atom. The van der Waals surface area contributed by atoms with Gasteiger partial charge in [0.1, 0.15) is 5.75 Å². The first kappa shape index (κ1) is 14.5. The van der Waals surface area contributed by atoms with Gasteiger partial charge in [0.15, 0.2) is 0 Å². The Hall–Kier alpha value is -0.930. The van der Waals surface area contributed by atoms with Crippen molar-refractivity contribution in [3.63, 3.8) is 0 Å². The summed E-state index contributed by atoms with van der Waals surface area (Å²) < 4.78 is 5.20. The summed E-state index contributed by atoms with van der Waals surface area (Å²) in [5, 5.41) is 4.29. The van der Waals surface area contributed by atoms with E-state index in [4.69, 9.17) is 16.3 Å². The molecule has 1 fully saturated rings. The van der Waals surface area contributed by atoms with Crippen LogP contribution in [0.4, 0.5) is 5.69 Å². The Morgan fingerprint density at radius 3 is 3.00 bits per heavy atom. The van der Waals surface area contributed by atoms with Crippen molar-refractivity contribution >= 4 is 17.3 Å². The molecule has 1 unspecified atom stereocenters. The molecule has 0 spiro atoms. The van der Waals surface area contributed by atoms with Gasteiger partial charge in [-0.1, -0.05) is 18.5 Å². The molecule has 0 saturated carbocycles. The first-order valence-corrected chi connectivity index (χ1v) is 7.44. The zero-order valence-electron chi connectivity index (χ0n) is 11.8. The van der Waals surface area contributed by atoms with Gasteiger partial charge in [0.25, 0.3) is 0 Å². The SMILES string of the molecule is CCCNC1CCCN(c2ccc(OC)c(Cl)c2)C1. The lowest BCUT2D eigenvalue weighted by Crippen LogP contribution is -2.46. The van der Waals surface area contributed by atoms with Gasteiger partial charge in [-0.05, 0) is 44.0 Å². The van der Waals surface area contributed by atoms with Crippen molar-refractivity contribution in [3.05, 3.63) is 23.2 Å². The molecule has 1 heterocycles. The number of hydrogen-bond acceptors (Lipinski definition) is 3. The predicted molar refractivity (Wildman–Crippen MR) is 81.5 cm³/mol. The zero-order valence-corrected chi connectivity index (χ0v) is 12.5. The molecule has 0 bridgehead atoms. The highest BCUT2D eigenvalue weighted by Gasteiger charge is 2.20. The summed E-state index contributed by atoms with van der Waals surface area (Å²) in [6.07, 6.45) is 3.68. The summed E-state index contributed by atoms with van der Waals surface area (Å²) in [6.45, 7) is 5.47. The van der Waals surface area contributed by atoms with Crippen LogP contribution < -0.4 is 15.0 Å². The standard InChI is InChI=1S/C15H23ClN2O/c1-3-8-17-12-5-4-9-18(11-12)13-6-7-15(19-2)14(16)10-13/h6-7,10,12,17H,3-5,8-9,11H2,1-2H3. The highest BCUT2D eigenvalue weighted by molar-refractivity contribution is 6.32. The van der Waals surface area contributed by atoms with E-state index < -0.39 is 0 Å². The van der Waals surface area contributed by atoms with E-state index in [1.165, 1.54) is 24.9 Å². The summed E-state index contributed by atoms with van der Waals surface area (Å²) >= 11 is 6.20. The molecule has 1 aromatic carbocycles. The van der Waals surface area contributed by atoms with Crippen LogP contribution in [0.25, 0.3) is 0 Å². The average Bonchev–Trinajstić information content (AvgIpc) is 2.45. The molecule has 4 heteroatoms. The van der Waals surface area contributed by atoms with E-state index >= 15 is 0 Å². The minimum absolute atomic E-state index is 0.592. The topological polar surface area (TPSA) is 24.5 Å². The molecule has 19 heavy (non-hydrogen) atoms. The number of nitrogens with one attached hydrogen (secondary N) is 1. The first-order chi connectivity index (χ1) is 9.24. The number of methoxy groups -OCH3 is 1. The van der Waals surface area contributed by atoms with Crippen LogP contribution in [0, 0.1) is 0 Å². The third-order valence-electron chi connectivity index (χ3n) is 3.60. The summed E-state index contributed by atoms with van der Waals surface area (Å²) in [4.78, 5) is 2.40. The number of hydrogen-bond donors (Lipinski definition) is 1. The number of halogens is 1. The lowest BCUT2D eigenvalue weighted by molar-refractivity contribution is 0.414. The third kappa shape index (κ3) is 3.77. The van der Waals surface area contributed by atoms with Gasteiger partial charge in [-0.3, -0.25) is 0 Å². The van der Waals surface area contributed by atoms with E-state index in [1.807, 2.05) is 12.1 Å². The first-order valence-electron chi connectivity index (χ1n) is 7.06. The second kappa shape index (κ2) is 7.01. The molecular weight excluding hydrogens is 260 g/mol. The van der Waals surface area contributed by atoms with Crippen LogP contribution in [-0.2, 0) is 0 Å². The molecule has 1 aliphatic heterocycles. The van der Waals surface area contributed by atoms with Crippen molar-refractivity contribution in [2.75, 3.05) is 31.6 Å². The van der Waals surface area contributed by atoms with Crippen molar-refractivity contribution in [1.29, 1.82) is 0 Å². The van der Waals surface area contributed by atoms with Gasteiger partial charge < -0.3 is 15.0 Å². The van der Waals surface area contributed by atoms with Crippen LogP contribution in [0.1, 0.15) is 26.2 Å². The second-order valence-corrected chi connectivity index (χ2v) is 5.47. The van der Waals surface area contributed by atoms with Gasteiger partial charge in [-0.2, -0.15) is 0 Å². The quantitative estimate of drug-likeness (QED) is 0.897. The van der Waals surface area contributed by atoms with Crippen molar-refractivity contribution in [2.45, 2.75) is 32.2 Å². The highest BCUT2D eigenvalue weighted by atomic mass is 35.5. The van der Waals surface area contributed by atoms with Crippen LogP contribution in [0.2, 0.25) is 5.02 Å². The maximum Gasteiger partial charge on any atom is 0.137 e. The molecule has 0 radical (unpaired) electrons. The van der Waals surface area contributed by atoms with Crippen LogP contribution in [0.3, 0.4) is 0 Å². The number of anilines is 1. The summed E-state index contributed by atoms with van der Waals surface area (Å²) in [5.41, 5.74) is 1.19. The molecule has 1 aromatic rings. The normalized spacial score (nSPS) is 19.5. The van der Waals surface area contributed by atoms with Crippen molar-refractivity contribution in [2.24, 2.45) is 0 Å². The highest BCUT2D eigenvalue weighted by Crippen LogP contribution is 2.30. The predicted octanol–water partition coefficient (Wildman–Crippen LogP) is 3.32. The molecule has 2 rings (SSSR count). The molecule has 0 amide bonds. The summed E-state index contributed by atoms with van der Waals surface area (Å²) in [6, 6.07) is 6.63. The van der Waals surface area contributed by atoms with Crippen molar-refractivity contribution in [1.82, 2.24) is 5.32 Å². The van der Waals surface area contributed by atoms with E-state index in [9.17, 15) is 0 Å². The second-order valence-electron chi connectivity index (χ2n) is 5.06. The maximum atomic E-state index is 6.20. The Labute approximate surface area is 120 Å². The van der Waals surface area contributed by atoms with E-state index in [2.05, 4.69) is 23.2 Å². The largest absolute Gasteiger partial charge is 0.495 e. The molecular formula is C15H23ClN2O. The Morgan fingerprint density at radius 1 is 1.47 bits per heavy atom. The minimum Gasteiger partial charge on any atom is -0.495 e. The van der Waals surface area contributed by atoms with Gasteiger partial charge in [0.05, 0.1) is 12.1 Å². The molecule has 0 aliphatic carbocycles. The van der Waals surface area contributed by atoms with Crippen LogP contribution in [0.5, 0.6) is 5.75 Å². The molecule has 1 saturated heterocycles. The Balaban J connectivity index is 2.02. The molecule has 3 nitrogen and oxygen atoms in total. The van der Waals surface area contributed by atoms with Crippen molar-refractivity contribution < 1.29 is 4.74 Å². The van der Waals surface area contributed by atoms with Crippen molar-refractivity contribution in [3.8, 4) is 5.75 Å². The van der Waals surface area contributed by atoms with E-state index in [-0.39, 0.29) is 0 Å². The van der Waals surface area contributed by atoms with Gasteiger partial charge in [0.2, 0.25) is 0 Å². The Bertz CT molecular complexity index is 411. The van der Waals surface area contributed by atoms with Gasteiger partial charge >= 0.3 is 0 Å². The minimum atomic E-state index is 0.592. The third-order valence-corrected chi connectivity index (χ3v) is 3.90. The van der Waals surface area contributed by atoms with Crippen LogP contribution in [0.15, 0.2) is 18.2 Å². The lowest BCUT2D eigenvalue weighted by atomic mass is 10.0. The fourth-order valence-corrected chi connectivity index (χ4v) is 2.83. The fourth-order valence-electron chi connectivity index (χ4n) is 2.58.